The van der Waals surface area contributed by atoms with Crippen LogP contribution in [0.3, 0.4) is 0 Å². The van der Waals surface area contributed by atoms with Gasteiger partial charge in [-0.15, -0.1) is 12.4 Å². The van der Waals surface area contributed by atoms with E-state index in [2.05, 4.69) is 25.6 Å². The second-order valence-electron chi connectivity index (χ2n) is 6.79. The third-order valence-corrected chi connectivity index (χ3v) is 5.27. The highest BCUT2D eigenvalue weighted by atomic mass is 35.5. The molecule has 0 fully saturated rings. The molecular weight excluding hydrogens is 528 g/mol. The van der Waals surface area contributed by atoms with Gasteiger partial charge in [0, 0.05) is 35.2 Å². The van der Waals surface area contributed by atoms with Crippen molar-refractivity contribution in [2.24, 2.45) is 0 Å². The maximum Gasteiger partial charge on any atom is 0.277 e. The van der Waals surface area contributed by atoms with Crippen molar-refractivity contribution < 1.29 is 18.9 Å². The zero-order valence-corrected chi connectivity index (χ0v) is 21.2. The fourth-order valence-electron chi connectivity index (χ4n) is 2.85. The normalized spacial score (nSPS) is 10.5. The van der Waals surface area contributed by atoms with E-state index < -0.39 is 5.91 Å². The summed E-state index contributed by atoms with van der Waals surface area (Å²) >= 11 is 18.6. The van der Waals surface area contributed by atoms with Crippen LogP contribution in [0.4, 0.5) is 5.82 Å². The Balaban J connectivity index is 0.00000408. The maximum absolute atomic E-state index is 11.9. The van der Waals surface area contributed by atoms with Gasteiger partial charge in [-0.1, -0.05) is 40.9 Å². The molecule has 0 saturated carbocycles. The average molecular weight is 551 g/mol. The highest BCUT2D eigenvalue weighted by Gasteiger charge is 2.16. The molecule has 0 aliphatic heterocycles. The van der Waals surface area contributed by atoms with Crippen LogP contribution in [0.15, 0.2) is 35.0 Å². The van der Waals surface area contributed by atoms with Gasteiger partial charge >= 0.3 is 0 Å². The lowest BCUT2D eigenvalue weighted by Gasteiger charge is -2.16. The average Bonchev–Trinajstić information content (AvgIpc) is 3.20. The quantitative estimate of drug-likeness (QED) is 0.297. The van der Waals surface area contributed by atoms with Gasteiger partial charge in [0.2, 0.25) is 11.5 Å². The molecule has 9 nitrogen and oxygen atoms in total. The molecule has 1 heterocycles. The largest absolute Gasteiger partial charge is 0.490 e. The summed E-state index contributed by atoms with van der Waals surface area (Å²) in [4.78, 5) is 11.9. The Morgan fingerprint density at radius 1 is 1.09 bits per heavy atom. The summed E-state index contributed by atoms with van der Waals surface area (Å²) in [6, 6.07) is 8.83. The molecule has 0 saturated heterocycles. The van der Waals surface area contributed by atoms with Gasteiger partial charge < -0.3 is 25.8 Å². The van der Waals surface area contributed by atoms with Crippen LogP contribution in [0.1, 0.15) is 28.5 Å². The Morgan fingerprint density at radius 3 is 2.56 bits per heavy atom. The van der Waals surface area contributed by atoms with Gasteiger partial charge in [-0.05, 0) is 47.1 Å². The van der Waals surface area contributed by atoms with Crippen LogP contribution < -0.4 is 25.8 Å². The lowest BCUT2D eigenvalue weighted by atomic mass is 10.2. The topological polar surface area (TPSA) is 125 Å². The molecule has 0 bridgehead atoms. The number of hydrogen-bond acceptors (Lipinski definition) is 8. The van der Waals surface area contributed by atoms with E-state index in [1.807, 2.05) is 13.0 Å². The van der Waals surface area contributed by atoms with Crippen molar-refractivity contribution in [3.05, 3.63) is 62.2 Å². The van der Waals surface area contributed by atoms with E-state index in [0.29, 0.717) is 52.8 Å². The van der Waals surface area contributed by atoms with Crippen molar-refractivity contribution in [1.82, 2.24) is 20.9 Å². The summed E-state index contributed by atoms with van der Waals surface area (Å²) in [6.07, 6.45) is 0. The fraction of sp³-hybridized carbons (Fsp3) is 0.286. The number of ether oxygens (including phenoxy) is 2. The minimum atomic E-state index is -0.459. The van der Waals surface area contributed by atoms with E-state index in [4.69, 9.17) is 50.0 Å². The Labute approximate surface area is 217 Å². The number of carbonyl (C=O) groups excluding carboxylic acids is 1. The molecule has 0 radical (unpaired) electrons. The number of hydrogen-bond donors (Lipinski definition) is 3. The second-order valence-corrected chi connectivity index (χ2v) is 8.04. The monoisotopic (exact) mass is 549 g/mol. The van der Waals surface area contributed by atoms with Gasteiger partial charge in [0.25, 0.3) is 5.91 Å². The second kappa shape index (κ2) is 13.5. The van der Waals surface area contributed by atoms with E-state index in [-0.39, 0.29) is 30.5 Å². The highest BCUT2D eigenvalue weighted by molar-refractivity contribution is 6.35. The molecule has 0 atom stereocenters. The Kier molecular flexibility index (Phi) is 11.0. The standard InChI is InChI=1S/C21H22Cl3N5O4.ClH/c1-2-31-17-8-12(10-26-5-6-27-21(30)18-20(25)29-33-28-18)7-16(24)19(17)32-11-13-3-4-14(22)9-15(13)23;/h3-4,7-9,26H,2,5-6,10-11H2,1H3,(H2,25,29)(H,27,30);1H. The molecule has 34 heavy (non-hydrogen) atoms. The molecule has 4 N–H and O–H groups in total. The van der Waals surface area contributed by atoms with Gasteiger partial charge in [-0.3, -0.25) is 4.79 Å². The summed E-state index contributed by atoms with van der Waals surface area (Å²) in [5.41, 5.74) is 7.11. The predicted molar refractivity (Wildman–Crippen MR) is 133 cm³/mol. The number of nitrogens with one attached hydrogen (secondary N) is 2. The van der Waals surface area contributed by atoms with Crippen LogP contribution >= 0.6 is 47.2 Å². The first-order valence-electron chi connectivity index (χ1n) is 9.98. The first-order valence-corrected chi connectivity index (χ1v) is 11.1. The molecule has 0 aliphatic carbocycles. The number of nitrogens with zero attached hydrogens (tertiary/aromatic N) is 2. The lowest BCUT2D eigenvalue weighted by Crippen LogP contribution is -2.32. The van der Waals surface area contributed by atoms with Crippen LogP contribution in [0, 0.1) is 0 Å². The van der Waals surface area contributed by atoms with Crippen LogP contribution in [0.2, 0.25) is 15.1 Å². The molecule has 0 spiro atoms. The number of amides is 1. The summed E-state index contributed by atoms with van der Waals surface area (Å²) in [6.45, 7) is 3.85. The molecule has 184 valence electrons. The third-order valence-electron chi connectivity index (χ3n) is 4.40. The van der Waals surface area contributed by atoms with Gasteiger partial charge in [-0.2, -0.15) is 0 Å². The van der Waals surface area contributed by atoms with E-state index in [0.717, 1.165) is 11.1 Å². The number of rotatable bonds is 11. The van der Waals surface area contributed by atoms with Crippen molar-refractivity contribution in [1.29, 1.82) is 0 Å². The molecule has 2 aromatic carbocycles. The van der Waals surface area contributed by atoms with Gasteiger partial charge in [0.05, 0.1) is 11.6 Å². The number of aromatic nitrogens is 2. The van der Waals surface area contributed by atoms with Crippen LogP contribution in [-0.4, -0.2) is 35.9 Å². The van der Waals surface area contributed by atoms with Crippen molar-refractivity contribution in [2.75, 3.05) is 25.4 Å². The van der Waals surface area contributed by atoms with Crippen molar-refractivity contribution >= 4 is 58.9 Å². The molecular formula is C21H23Cl4N5O4. The number of carbonyl (C=O) groups is 1. The highest BCUT2D eigenvalue weighted by Crippen LogP contribution is 2.37. The fourth-order valence-corrected chi connectivity index (χ4v) is 3.60. The van der Waals surface area contributed by atoms with Crippen LogP contribution in [0.5, 0.6) is 11.5 Å². The summed E-state index contributed by atoms with van der Waals surface area (Å²) in [5.74, 6) is 0.437. The molecule has 1 amide bonds. The third kappa shape index (κ3) is 7.54. The number of halogens is 4. The van der Waals surface area contributed by atoms with Crippen molar-refractivity contribution in [3.63, 3.8) is 0 Å². The number of nitrogens with two attached hydrogens (primary N) is 1. The molecule has 3 aromatic rings. The first-order chi connectivity index (χ1) is 15.9. The van der Waals surface area contributed by atoms with Crippen molar-refractivity contribution in [2.45, 2.75) is 20.1 Å². The molecule has 13 heteroatoms. The Morgan fingerprint density at radius 2 is 1.88 bits per heavy atom. The van der Waals surface area contributed by atoms with Gasteiger partial charge in [-0.25, -0.2) is 4.63 Å². The van der Waals surface area contributed by atoms with E-state index in [1.54, 1.807) is 24.3 Å². The smallest absolute Gasteiger partial charge is 0.277 e. The Bertz CT molecular complexity index is 1110. The Hall–Kier alpha value is -2.43. The van der Waals surface area contributed by atoms with Crippen LogP contribution in [-0.2, 0) is 13.2 Å². The summed E-state index contributed by atoms with van der Waals surface area (Å²) < 4.78 is 16.0. The number of nitrogen functional groups attached to an aromatic ring is 1. The number of anilines is 1. The minimum Gasteiger partial charge on any atom is -0.490 e. The lowest BCUT2D eigenvalue weighted by molar-refractivity contribution is 0.0944. The maximum atomic E-state index is 11.9. The van der Waals surface area contributed by atoms with E-state index in [9.17, 15) is 4.79 Å². The van der Waals surface area contributed by atoms with Crippen LogP contribution in [0.25, 0.3) is 0 Å². The van der Waals surface area contributed by atoms with E-state index >= 15 is 0 Å². The predicted octanol–water partition coefficient (Wildman–Crippen LogP) is 4.53. The number of benzene rings is 2. The first kappa shape index (κ1) is 27.8. The molecule has 3 rings (SSSR count). The van der Waals surface area contributed by atoms with Crippen molar-refractivity contribution in [3.8, 4) is 11.5 Å². The zero-order valence-electron chi connectivity index (χ0n) is 18.1. The molecule has 0 aliphatic rings. The van der Waals surface area contributed by atoms with Gasteiger partial charge in [0.1, 0.15) is 6.61 Å². The zero-order chi connectivity index (χ0) is 23.8. The van der Waals surface area contributed by atoms with E-state index in [1.165, 1.54) is 0 Å². The van der Waals surface area contributed by atoms with Gasteiger partial charge in [0.15, 0.2) is 11.5 Å². The SMILES string of the molecule is CCOc1cc(CNCCNC(=O)c2nonc2N)cc(Cl)c1OCc1ccc(Cl)cc1Cl.Cl. The molecule has 1 aromatic heterocycles. The molecule has 0 unspecified atom stereocenters. The minimum absolute atomic E-state index is 0. The summed E-state index contributed by atoms with van der Waals surface area (Å²) in [7, 11) is 0. The summed E-state index contributed by atoms with van der Waals surface area (Å²) in [5, 5.41) is 14.2.